The van der Waals surface area contributed by atoms with Gasteiger partial charge in [0.25, 0.3) is 0 Å². The Bertz CT molecular complexity index is 741. The molecular weight excluding hydrogens is 318 g/mol. The number of nitrogens with one attached hydrogen (secondary N) is 2. The molecule has 0 saturated heterocycles. The summed E-state index contributed by atoms with van der Waals surface area (Å²) < 4.78 is 0. The molecule has 124 valence electrons. The minimum atomic E-state index is 0.151. The Labute approximate surface area is 148 Å². The standard InChI is InChI=1S/C18H21N5S/c1-18(2,3)14-6-4-13(5-7-14)11-22-17(24)23-12-16-15(10-19)20-8-9-21-16/h4-9H,11-12H2,1-3H3,(H2,22,23,24). The Hall–Kier alpha value is -2.52. The van der Waals surface area contributed by atoms with E-state index in [0.717, 1.165) is 5.56 Å². The van der Waals surface area contributed by atoms with Crippen LogP contribution in [0, 0.1) is 11.3 Å². The first kappa shape index (κ1) is 17.8. The second-order valence-electron chi connectivity index (χ2n) is 6.45. The SMILES string of the molecule is CC(C)(C)c1ccc(CNC(=S)NCc2nccnc2C#N)cc1. The minimum absolute atomic E-state index is 0.151. The van der Waals surface area contributed by atoms with Gasteiger partial charge in [-0.3, -0.25) is 4.98 Å². The second kappa shape index (κ2) is 7.84. The zero-order valence-corrected chi connectivity index (χ0v) is 14.9. The van der Waals surface area contributed by atoms with Gasteiger partial charge in [0, 0.05) is 18.9 Å². The van der Waals surface area contributed by atoms with Gasteiger partial charge in [-0.25, -0.2) is 4.98 Å². The van der Waals surface area contributed by atoms with Crippen LogP contribution in [0.1, 0.15) is 43.3 Å². The Kier molecular flexibility index (Phi) is 5.83. The molecule has 0 fully saturated rings. The number of hydrogen-bond acceptors (Lipinski definition) is 4. The third-order valence-electron chi connectivity index (χ3n) is 3.57. The predicted octanol–water partition coefficient (Wildman–Crippen LogP) is 2.81. The monoisotopic (exact) mass is 339 g/mol. The highest BCUT2D eigenvalue weighted by molar-refractivity contribution is 7.80. The number of thiocarbonyl (C=S) groups is 1. The van der Waals surface area contributed by atoms with Crippen molar-refractivity contribution in [1.29, 1.82) is 5.26 Å². The highest BCUT2D eigenvalue weighted by Gasteiger charge is 2.12. The van der Waals surface area contributed by atoms with Crippen LogP contribution in [-0.4, -0.2) is 15.1 Å². The molecule has 1 aromatic carbocycles. The lowest BCUT2D eigenvalue weighted by atomic mass is 9.87. The van der Waals surface area contributed by atoms with Crippen LogP contribution >= 0.6 is 12.2 Å². The van der Waals surface area contributed by atoms with Gasteiger partial charge in [-0.15, -0.1) is 0 Å². The van der Waals surface area contributed by atoms with Crippen LogP contribution in [0.5, 0.6) is 0 Å². The molecule has 0 amide bonds. The molecule has 0 unspecified atom stereocenters. The Morgan fingerprint density at radius 2 is 1.71 bits per heavy atom. The maximum atomic E-state index is 8.99. The summed E-state index contributed by atoms with van der Waals surface area (Å²) in [7, 11) is 0. The lowest BCUT2D eigenvalue weighted by Gasteiger charge is -2.19. The normalized spacial score (nSPS) is 10.8. The number of hydrogen-bond donors (Lipinski definition) is 2. The van der Waals surface area contributed by atoms with E-state index >= 15 is 0 Å². The van der Waals surface area contributed by atoms with Gasteiger partial charge >= 0.3 is 0 Å². The van der Waals surface area contributed by atoms with Gasteiger partial charge in [-0.1, -0.05) is 45.0 Å². The average molecular weight is 339 g/mol. The molecule has 0 atom stereocenters. The number of rotatable bonds is 4. The van der Waals surface area contributed by atoms with E-state index < -0.39 is 0 Å². The molecule has 1 aromatic heterocycles. The van der Waals surface area contributed by atoms with Crippen molar-refractivity contribution in [2.75, 3.05) is 0 Å². The number of nitrogens with zero attached hydrogens (tertiary/aromatic N) is 3. The van der Waals surface area contributed by atoms with Crippen LogP contribution in [0.3, 0.4) is 0 Å². The van der Waals surface area contributed by atoms with Crippen LogP contribution in [0.2, 0.25) is 0 Å². The highest BCUT2D eigenvalue weighted by atomic mass is 32.1. The molecule has 24 heavy (non-hydrogen) atoms. The average Bonchev–Trinajstić information content (AvgIpc) is 2.58. The molecule has 0 aliphatic carbocycles. The summed E-state index contributed by atoms with van der Waals surface area (Å²) in [4.78, 5) is 8.11. The van der Waals surface area contributed by atoms with Crippen molar-refractivity contribution in [3.05, 3.63) is 59.2 Å². The van der Waals surface area contributed by atoms with Crippen LogP contribution in [0.15, 0.2) is 36.7 Å². The Morgan fingerprint density at radius 1 is 1.08 bits per heavy atom. The van der Waals surface area contributed by atoms with E-state index in [9.17, 15) is 0 Å². The summed E-state index contributed by atoms with van der Waals surface area (Å²) in [6, 6.07) is 10.5. The van der Waals surface area contributed by atoms with Crippen molar-refractivity contribution in [3.63, 3.8) is 0 Å². The van der Waals surface area contributed by atoms with Crippen LogP contribution in [0.25, 0.3) is 0 Å². The zero-order valence-electron chi connectivity index (χ0n) is 14.1. The highest BCUT2D eigenvalue weighted by Crippen LogP contribution is 2.22. The zero-order chi connectivity index (χ0) is 17.6. The maximum absolute atomic E-state index is 8.99. The molecule has 0 spiro atoms. The van der Waals surface area contributed by atoms with Crippen molar-refractivity contribution in [3.8, 4) is 6.07 Å². The molecule has 1 heterocycles. The molecule has 2 N–H and O–H groups in total. The molecule has 2 aromatic rings. The van der Waals surface area contributed by atoms with Gasteiger partial charge in [0.1, 0.15) is 6.07 Å². The van der Waals surface area contributed by atoms with Crippen LogP contribution in [-0.2, 0) is 18.5 Å². The van der Waals surface area contributed by atoms with Gasteiger partial charge in [-0.05, 0) is 28.8 Å². The number of aromatic nitrogens is 2. The van der Waals surface area contributed by atoms with Gasteiger partial charge < -0.3 is 10.6 Å². The topological polar surface area (TPSA) is 73.6 Å². The number of nitriles is 1. The molecule has 0 aliphatic rings. The quantitative estimate of drug-likeness (QED) is 0.835. The van der Waals surface area contributed by atoms with E-state index in [0.29, 0.717) is 29.6 Å². The summed E-state index contributed by atoms with van der Waals surface area (Å²) in [5.74, 6) is 0. The van der Waals surface area contributed by atoms with Crippen molar-refractivity contribution < 1.29 is 0 Å². The molecule has 0 radical (unpaired) electrons. The van der Waals surface area contributed by atoms with Crippen LogP contribution < -0.4 is 10.6 Å². The first-order valence-corrected chi connectivity index (χ1v) is 8.12. The molecule has 2 rings (SSSR count). The summed E-state index contributed by atoms with van der Waals surface area (Å²) in [6.07, 6.45) is 3.06. The van der Waals surface area contributed by atoms with E-state index in [1.165, 1.54) is 11.8 Å². The van der Waals surface area contributed by atoms with Crippen LogP contribution in [0.4, 0.5) is 0 Å². The molecule has 0 saturated carbocycles. The predicted molar refractivity (Wildman–Crippen MR) is 98.2 cm³/mol. The van der Waals surface area contributed by atoms with Gasteiger partial charge in [0.2, 0.25) is 0 Å². The lowest BCUT2D eigenvalue weighted by Crippen LogP contribution is -2.34. The minimum Gasteiger partial charge on any atom is -0.359 e. The van der Waals surface area contributed by atoms with Gasteiger partial charge in [-0.2, -0.15) is 5.26 Å². The van der Waals surface area contributed by atoms with Crippen molar-refractivity contribution >= 4 is 17.3 Å². The van der Waals surface area contributed by atoms with E-state index in [1.54, 1.807) is 6.20 Å². The van der Waals surface area contributed by atoms with E-state index in [1.807, 2.05) is 6.07 Å². The summed E-state index contributed by atoms with van der Waals surface area (Å²) in [6.45, 7) is 7.59. The fraction of sp³-hybridized carbons (Fsp3) is 0.333. The van der Waals surface area contributed by atoms with Crippen molar-refractivity contribution in [2.45, 2.75) is 39.3 Å². The van der Waals surface area contributed by atoms with E-state index in [2.05, 4.69) is 65.6 Å². The molecule has 5 nitrogen and oxygen atoms in total. The third-order valence-corrected chi connectivity index (χ3v) is 3.86. The van der Waals surface area contributed by atoms with Gasteiger partial charge in [0.15, 0.2) is 10.8 Å². The summed E-state index contributed by atoms with van der Waals surface area (Å²) in [5, 5.41) is 15.7. The fourth-order valence-electron chi connectivity index (χ4n) is 2.12. The van der Waals surface area contributed by atoms with Gasteiger partial charge in [0.05, 0.1) is 12.2 Å². The molecular formula is C18H21N5S. The molecule has 0 bridgehead atoms. The Balaban J connectivity index is 1.84. The van der Waals surface area contributed by atoms with Crippen molar-refractivity contribution in [2.24, 2.45) is 0 Å². The smallest absolute Gasteiger partial charge is 0.166 e. The lowest BCUT2D eigenvalue weighted by molar-refractivity contribution is 0.590. The van der Waals surface area contributed by atoms with E-state index in [-0.39, 0.29) is 5.41 Å². The first-order chi connectivity index (χ1) is 11.4. The van der Waals surface area contributed by atoms with E-state index in [4.69, 9.17) is 17.5 Å². The van der Waals surface area contributed by atoms with Crippen molar-refractivity contribution in [1.82, 2.24) is 20.6 Å². The fourth-order valence-corrected chi connectivity index (χ4v) is 2.27. The maximum Gasteiger partial charge on any atom is 0.166 e. The summed E-state index contributed by atoms with van der Waals surface area (Å²) >= 11 is 5.26. The third kappa shape index (κ3) is 5.00. The summed E-state index contributed by atoms with van der Waals surface area (Å²) in [5.41, 5.74) is 3.50. The first-order valence-electron chi connectivity index (χ1n) is 7.71. The largest absolute Gasteiger partial charge is 0.359 e. The molecule has 0 aliphatic heterocycles. The molecule has 6 heteroatoms. The second-order valence-corrected chi connectivity index (χ2v) is 6.85. The number of benzene rings is 1. The Morgan fingerprint density at radius 3 is 2.33 bits per heavy atom.